The van der Waals surface area contributed by atoms with Crippen molar-refractivity contribution in [3.8, 4) is 0 Å². The summed E-state index contributed by atoms with van der Waals surface area (Å²) >= 11 is 0. The van der Waals surface area contributed by atoms with Gasteiger partial charge in [0.15, 0.2) is 8.32 Å². The van der Waals surface area contributed by atoms with Crippen LogP contribution in [0.5, 0.6) is 0 Å². The lowest BCUT2D eigenvalue weighted by molar-refractivity contribution is 0.0894. The Labute approximate surface area is 197 Å². The molecule has 3 atom stereocenters. The lowest BCUT2D eigenvalue weighted by Crippen LogP contribution is -2.43. The minimum absolute atomic E-state index is 0.280. The third-order valence-corrected chi connectivity index (χ3v) is 12.1. The van der Waals surface area contributed by atoms with Crippen LogP contribution in [-0.4, -0.2) is 20.6 Å². The predicted molar refractivity (Wildman–Crippen MR) is 147 cm³/mol. The van der Waals surface area contributed by atoms with Crippen LogP contribution in [0.1, 0.15) is 27.2 Å². The van der Waals surface area contributed by atoms with E-state index >= 15 is 0 Å². The number of hydrogen-bond donors (Lipinski definition) is 0. The van der Waals surface area contributed by atoms with Gasteiger partial charge in [0.1, 0.15) is 23.2 Å². The Balaban J connectivity index is 2.18. The lowest BCUT2D eigenvalue weighted by Gasteiger charge is -2.37. The topological polar surface area (TPSA) is 9.23 Å². The molecule has 0 saturated carbocycles. The summed E-state index contributed by atoms with van der Waals surface area (Å²) in [7, 11) is -3.51. The first-order valence-electron chi connectivity index (χ1n) is 12.0. The van der Waals surface area contributed by atoms with Crippen molar-refractivity contribution in [3.63, 3.8) is 0 Å². The number of benzene rings is 3. The highest BCUT2D eigenvalue weighted by Crippen LogP contribution is 2.57. The zero-order chi connectivity index (χ0) is 23.2. The second kappa shape index (κ2) is 10.9. The van der Waals surface area contributed by atoms with Gasteiger partial charge >= 0.3 is 0 Å². The summed E-state index contributed by atoms with van der Waals surface area (Å²) in [5.74, 6) is 0.992. The maximum Gasteiger partial charge on any atom is 0.184 e. The Kier molecular flexibility index (Phi) is 8.50. The molecule has 0 saturated heterocycles. The summed E-state index contributed by atoms with van der Waals surface area (Å²) < 4.78 is 6.86. The highest BCUT2D eigenvalue weighted by Gasteiger charge is 2.48. The zero-order valence-corrected chi connectivity index (χ0v) is 22.6. The van der Waals surface area contributed by atoms with Gasteiger partial charge in [0.2, 0.25) is 0 Å². The van der Waals surface area contributed by atoms with Crippen molar-refractivity contribution in [1.82, 2.24) is 0 Å². The van der Waals surface area contributed by atoms with Crippen LogP contribution in [0, 0.1) is 11.8 Å². The highest BCUT2D eigenvalue weighted by atomic mass is 31.2. The molecular weight excluding hydrogens is 425 g/mol. The Hall–Kier alpha value is -1.73. The van der Waals surface area contributed by atoms with Gasteiger partial charge in [-0.1, -0.05) is 81.8 Å². The lowest BCUT2D eigenvalue weighted by atomic mass is 9.97. The maximum atomic E-state index is 6.86. The molecule has 0 aliphatic rings. The quantitative estimate of drug-likeness (QED) is 0.234. The fraction of sp³-hybridized carbons (Fsp3) is 0.379. The van der Waals surface area contributed by atoms with Crippen molar-refractivity contribution in [1.29, 1.82) is 0 Å². The summed E-state index contributed by atoms with van der Waals surface area (Å²) in [6.07, 6.45) is 2.54. The molecule has 0 spiro atoms. The monoisotopic (exact) mass is 465 g/mol. The van der Waals surface area contributed by atoms with Gasteiger partial charge in [-0.15, -0.1) is 0 Å². The third-order valence-electron chi connectivity index (χ3n) is 6.41. The minimum Gasteiger partial charge on any atom is -0.414 e. The van der Waals surface area contributed by atoms with E-state index < -0.39 is 15.6 Å². The van der Waals surface area contributed by atoms with Crippen LogP contribution < -0.4 is 15.9 Å². The van der Waals surface area contributed by atoms with Crippen LogP contribution in [0.15, 0.2) is 91.0 Å². The standard InChI is InChI=1S/C29H40OPSi/c1-7-24(2)29(30-32(4,5)6)25(3)23-31(26-17-11-8-12-18-26,27-19-13-9-14-20-27)28-21-15-10-16-22-28/h8-22,24-25,29H,7,23H2,1-6H3/q+1/t24-,25-,29+/m0/s1/i23+2. The van der Waals surface area contributed by atoms with Crippen molar-refractivity contribution >= 4 is 31.5 Å². The molecule has 0 amide bonds. The van der Waals surface area contributed by atoms with Crippen LogP contribution in [0.4, 0.5) is 0 Å². The first-order valence-corrected chi connectivity index (χ1v) is 17.4. The molecule has 0 aliphatic carbocycles. The van der Waals surface area contributed by atoms with Gasteiger partial charge < -0.3 is 4.43 Å². The van der Waals surface area contributed by atoms with Crippen LogP contribution in [-0.2, 0) is 4.43 Å². The second-order valence-corrected chi connectivity index (χ2v) is 18.1. The molecular formula is C29H40OPSi+. The average Bonchev–Trinajstić information content (AvgIpc) is 2.81. The molecule has 3 aromatic carbocycles. The number of hydrogen-bond acceptors (Lipinski definition) is 1. The molecule has 3 aromatic rings. The molecule has 0 bridgehead atoms. The van der Waals surface area contributed by atoms with E-state index in [1.807, 2.05) is 0 Å². The summed E-state index contributed by atoms with van der Waals surface area (Å²) in [5, 5.41) is 4.38. The van der Waals surface area contributed by atoms with Gasteiger partial charge in [-0.3, -0.25) is 0 Å². The van der Waals surface area contributed by atoms with Gasteiger partial charge in [0, 0.05) is 5.92 Å². The molecule has 0 radical (unpaired) electrons. The van der Waals surface area contributed by atoms with Crippen molar-refractivity contribution < 1.29 is 4.43 Å². The Morgan fingerprint density at radius 3 is 1.41 bits per heavy atom. The van der Waals surface area contributed by atoms with Crippen molar-refractivity contribution in [3.05, 3.63) is 91.0 Å². The predicted octanol–water partition coefficient (Wildman–Crippen LogP) is 6.88. The van der Waals surface area contributed by atoms with E-state index in [9.17, 15) is 0 Å². The van der Waals surface area contributed by atoms with Gasteiger partial charge in [-0.2, -0.15) is 0 Å². The first kappa shape index (κ1) is 24.9. The largest absolute Gasteiger partial charge is 0.414 e. The summed E-state index contributed by atoms with van der Waals surface area (Å²) in [4.78, 5) is 0. The molecule has 0 fully saturated rings. The highest BCUT2D eigenvalue weighted by molar-refractivity contribution is 7.95. The van der Waals surface area contributed by atoms with Crippen LogP contribution in [0.2, 0.25) is 19.6 Å². The molecule has 0 unspecified atom stereocenters. The third kappa shape index (κ3) is 5.79. The SMILES string of the molecule is CC[C@H](C)[C@@H](O[Si](C)(C)C)[C@@H](C)[14CH2][P+](c1ccccc1)(c1ccccc1)c1ccccc1. The van der Waals surface area contributed by atoms with Gasteiger partial charge in [0.05, 0.1) is 12.3 Å². The molecule has 0 N–H and O–H groups in total. The fourth-order valence-corrected chi connectivity index (χ4v) is 10.7. The van der Waals surface area contributed by atoms with E-state index in [2.05, 4.69) is 131 Å². The van der Waals surface area contributed by atoms with Crippen molar-refractivity contribution in [2.24, 2.45) is 11.8 Å². The van der Waals surface area contributed by atoms with E-state index in [4.69, 9.17) is 4.43 Å². The Bertz CT molecular complexity index is 840. The molecule has 3 heteroatoms. The molecule has 170 valence electrons. The molecule has 32 heavy (non-hydrogen) atoms. The molecule has 0 heterocycles. The molecule has 1 nitrogen and oxygen atoms in total. The Morgan fingerprint density at radius 2 is 1.09 bits per heavy atom. The number of rotatable bonds is 10. The van der Waals surface area contributed by atoms with Gasteiger partial charge in [-0.25, -0.2) is 0 Å². The van der Waals surface area contributed by atoms with Crippen LogP contribution in [0.3, 0.4) is 0 Å². The van der Waals surface area contributed by atoms with Crippen molar-refractivity contribution in [2.45, 2.75) is 52.9 Å². The van der Waals surface area contributed by atoms with Crippen LogP contribution >= 0.6 is 7.26 Å². The molecule has 0 aromatic heterocycles. The summed E-state index contributed by atoms with van der Waals surface area (Å²) in [6.45, 7) is 14.1. The summed E-state index contributed by atoms with van der Waals surface area (Å²) in [6, 6.07) is 33.7. The van der Waals surface area contributed by atoms with E-state index in [1.54, 1.807) is 0 Å². The van der Waals surface area contributed by atoms with E-state index in [-0.39, 0.29) is 6.10 Å². The van der Waals surface area contributed by atoms with E-state index in [0.29, 0.717) is 11.8 Å². The minimum atomic E-state index is -1.84. The smallest absolute Gasteiger partial charge is 0.184 e. The molecule has 3 rings (SSSR count). The van der Waals surface area contributed by atoms with Crippen LogP contribution in [0.25, 0.3) is 0 Å². The Morgan fingerprint density at radius 1 is 0.719 bits per heavy atom. The normalized spacial score (nSPS) is 15.2. The first-order chi connectivity index (χ1) is 15.3. The zero-order valence-electron chi connectivity index (χ0n) is 20.7. The average molecular weight is 466 g/mol. The molecule has 0 aliphatic heterocycles. The van der Waals surface area contributed by atoms with Gasteiger partial charge in [0.25, 0.3) is 0 Å². The summed E-state index contributed by atoms with van der Waals surface area (Å²) in [5.41, 5.74) is 0. The van der Waals surface area contributed by atoms with E-state index in [1.165, 1.54) is 15.9 Å². The van der Waals surface area contributed by atoms with Gasteiger partial charge in [-0.05, 0) is 62.0 Å². The van der Waals surface area contributed by atoms with Crippen molar-refractivity contribution in [2.75, 3.05) is 6.16 Å². The fourth-order valence-electron chi connectivity index (χ4n) is 4.78. The second-order valence-electron chi connectivity index (χ2n) is 10.1. The van der Waals surface area contributed by atoms with E-state index in [0.717, 1.165) is 12.6 Å². The maximum absolute atomic E-state index is 6.86.